The van der Waals surface area contributed by atoms with Crippen molar-refractivity contribution in [1.82, 2.24) is 16.2 Å². The van der Waals surface area contributed by atoms with E-state index in [9.17, 15) is 9.59 Å². The van der Waals surface area contributed by atoms with E-state index < -0.39 is 0 Å². The van der Waals surface area contributed by atoms with Crippen LogP contribution in [-0.2, 0) is 11.3 Å². The summed E-state index contributed by atoms with van der Waals surface area (Å²) in [5.74, 6) is -0.374. The second-order valence-corrected chi connectivity index (χ2v) is 7.15. The highest BCUT2D eigenvalue weighted by atomic mass is 16.5. The number of rotatable bonds is 15. The van der Waals surface area contributed by atoms with E-state index in [1.165, 1.54) is 25.4 Å². The lowest BCUT2D eigenvalue weighted by atomic mass is 10.1. The molecule has 2 aromatic rings. The van der Waals surface area contributed by atoms with Crippen LogP contribution < -0.4 is 16.2 Å². The molecule has 0 saturated carbocycles. The van der Waals surface area contributed by atoms with Crippen LogP contribution in [-0.4, -0.2) is 31.6 Å². The number of amides is 2. The van der Waals surface area contributed by atoms with Crippen molar-refractivity contribution < 1.29 is 18.7 Å². The van der Waals surface area contributed by atoms with Crippen LogP contribution in [0.3, 0.4) is 0 Å². The molecule has 7 nitrogen and oxygen atoms in total. The second kappa shape index (κ2) is 14.4. The highest BCUT2D eigenvalue weighted by Crippen LogP contribution is 2.06. The number of hydrazine groups is 1. The van der Waals surface area contributed by atoms with Crippen LogP contribution in [0.25, 0.3) is 0 Å². The van der Waals surface area contributed by atoms with Gasteiger partial charge in [-0.3, -0.25) is 15.0 Å². The van der Waals surface area contributed by atoms with Gasteiger partial charge in [-0.2, -0.15) is 0 Å². The fourth-order valence-corrected chi connectivity index (χ4v) is 2.82. The third kappa shape index (κ3) is 9.24. The smallest absolute Gasteiger partial charge is 0.265 e. The standard InChI is InChI=1S/C23H33N3O4/c1-2-3-6-14-29-15-7-4-5-13-25-26-23(28)20-10-8-19(9-11-20)17-24-22(27)21-12-16-30-18-21/h8-12,16,18,25H,2-7,13-15,17H2,1H3,(H,24,27)(H,26,28). The molecule has 0 aliphatic rings. The molecular formula is C23H33N3O4. The Labute approximate surface area is 178 Å². The van der Waals surface area contributed by atoms with Gasteiger partial charge >= 0.3 is 0 Å². The van der Waals surface area contributed by atoms with E-state index in [4.69, 9.17) is 9.15 Å². The lowest BCUT2D eigenvalue weighted by Crippen LogP contribution is -2.37. The fourth-order valence-electron chi connectivity index (χ4n) is 2.82. The second-order valence-electron chi connectivity index (χ2n) is 7.15. The maximum absolute atomic E-state index is 12.2. The lowest BCUT2D eigenvalue weighted by Gasteiger charge is -2.09. The van der Waals surface area contributed by atoms with Gasteiger partial charge in [-0.05, 0) is 49.4 Å². The van der Waals surface area contributed by atoms with Crippen LogP contribution in [0.4, 0.5) is 0 Å². The van der Waals surface area contributed by atoms with Gasteiger partial charge < -0.3 is 14.5 Å². The number of carbonyl (C=O) groups is 2. The minimum atomic E-state index is -0.196. The van der Waals surface area contributed by atoms with Gasteiger partial charge in [0.1, 0.15) is 6.26 Å². The van der Waals surface area contributed by atoms with Gasteiger partial charge in [-0.25, -0.2) is 5.43 Å². The van der Waals surface area contributed by atoms with E-state index >= 15 is 0 Å². The molecule has 0 bridgehead atoms. The summed E-state index contributed by atoms with van der Waals surface area (Å²) in [6.45, 7) is 4.96. The maximum atomic E-state index is 12.2. The average Bonchev–Trinajstić information content (AvgIpc) is 3.31. The summed E-state index contributed by atoms with van der Waals surface area (Å²) in [6, 6.07) is 8.74. The highest BCUT2D eigenvalue weighted by molar-refractivity contribution is 5.94. The SMILES string of the molecule is CCCCCOCCCCCNNC(=O)c1ccc(CNC(=O)c2ccoc2)cc1. The summed E-state index contributed by atoms with van der Waals surface area (Å²) in [5, 5.41) is 2.80. The number of benzene rings is 1. The third-order valence-electron chi connectivity index (χ3n) is 4.64. The third-order valence-corrected chi connectivity index (χ3v) is 4.64. The summed E-state index contributed by atoms with van der Waals surface area (Å²) < 4.78 is 10.5. The molecule has 0 aliphatic heterocycles. The van der Waals surface area contributed by atoms with Crippen LogP contribution in [0.15, 0.2) is 47.3 Å². The van der Waals surface area contributed by atoms with Gasteiger partial charge in [0.2, 0.25) is 0 Å². The van der Waals surface area contributed by atoms with Crippen LogP contribution in [0.1, 0.15) is 71.7 Å². The van der Waals surface area contributed by atoms with Crippen molar-refractivity contribution in [2.75, 3.05) is 19.8 Å². The molecule has 0 spiro atoms. The molecule has 1 heterocycles. The van der Waals surface area contributed by atoms with E-state index in [-0.39, 0.29) is 11.8 Å². The van der Waals surface area contributed by atoms with Crippen molar-refractivity contribution in [1.29, 1.82) is 0 Å². The molecule has 0 fully saturated rings. The average molecular weight is 416 g/mol. The number of carbonyl (C=O) groups excluding carboxylic acids is 2. The van der Waals surface area contributed by atoms with Crippen LogP contribution in [0.5, 0.6) is 0 Å². The number of ether oxygens (including phenoxy) is 1. The van der Waals surface area contributed by atoms with Crippen molar-refractivity contribution >= 4 is 11.8 Å². The zero-order chi connectivity index (χ0) is 21.4. The maximum Gasteiger partial charge on any atom is 0.265 e. The zero-order valence-corrected chi connectivity index (χ0v) is 17.7. The molecule has 30 heavy (non-hydrogen) atoms. The number of nitrogens with one attached hydrogen (secondary N) is 3. The molecule has 3 N–H and O–H groups in total. The van der Waals surface area contributed by atoms with Crippen molar-refractivity contribution in [2.45, 2.75) is 52.0 Å². The van der Waals surface area contributed by atoms with E-state index in [1.54, 1.807) is 18.2 Å². The van der Waals surface area contributed by atoms with E-state index in [1.807, 2.05) is 12.1 Å². The minimum absolute atomic E-state index is 0.178. The molecular weight excluding hydrogens is 382 g/mol. The Kier molecular flexibility index (Phi) is 11.3. The Balaban J connectivity index is 1.53. The topological polar surface area (TPSA) is 92.6 Å². The Morgan fingerprint density at radius 1 is 0.900 bits per heavy atom. The molecule has 2 amide bonds. The molecule has 0 aliphatic carbocycles. The van der Waals surface area contributed by atoms with Gasteiger partial charge in [0.25, 0.3) is 11.8 Å². The minimum Gasteiger partial charge on any atom is -0.472 e. The Hall–Kier alpha value is -2.64. The van der Waals surface area contributed by atoms with E-state index in [0.29, 0.717) is 17.7 Å². The first-order valence-corrected chi connectivity index (χ1v) is 10.7. The Bertz CT molecular complexity index is 729. The highest BCUT2D eigenvalue weighted by Gasteiger charge is 2.07. The summed E-state index contributed by atoms with van der Waals surface area (Å²) >= 11 is 0. The van der Waals surface area contributed by atoms with Crippen molar-refractivity contribution in [3.05, 3.63) is 59.5 Å². The molecule has 0 atom stereocenters. The first-order chi connectivity index (χ1) is 14.7. The zero-order valence-electron chi connectivity index (χ0n) is 17.7. The van der Waals surface area contributed by atoms with Gasteiger partial charge in [-0.1, -0.05) is 31.9 Å². The monoisotopic (exact) mass is 415 g/mol. The van der Waals surface area contributed by atoms with Crippen molar-refractivity contribution in [3.63, 3.8) is 0 Å². The van der Waals surface area contributed by atoms with Crippen LogP contribution in [0.2, 0.25) is 0 Å². The van der Waals surface area contributed by atoms with E-state index in [2.05, 4.69) is 23.1 Å². The molecule has 0 radical (unpaired) electrons. The molecule has 1 aromatic heterocycles. The first-order valence-electron chi connectivity index (χ1n) is 10.7. The van der Waals surface area contributed by atoms with Gasteiger partial charge in [0.15, 0.2) is 0 Å². The summed E-state index contributed by atoms with van der Waals surface area (Å²) in [5.41, 5.74) is 7.63. The van der Waals surface area contributed by atoms with Crippen molar-refractivity contribution in [3.8, 4) is 0 Å². The van der Waals surface area contributed by atoms with Gasteiger partial charge in [-0.15, -0.1) is 0 Å². The first kappa shape index (κ1) is 23.6. The number of unbranched alkanes of at least 4 members (excludes halogenated alkanes) is 4. The van der Waals surface area contributed by atoms with Gasteiger partial charge in [0.05, 0.1) is 11.8 Å². The largest absolute Gasteiger partial charge is 0.472 e. The summed E-state index contributed by atoms with van der Waals surface area (Å²) in [4.78, 5) is 24.1. The molecule has 164 valence electrons. The van der Waals surface area contributed by atoms with Crippen LogP contribution in [0, 0.1) is 0 Å². The number of hydrogen-bond donors (Lipinski definition) is 3. The molecule has 2 rings (SSSR count). The predicted octanol–water partition coefficient (Wildman–Crippen LogP) is 3.82. The van der Waals surface area contributed by atoms with Crippen LogP contribution >= 0.6 is 0 Å². The molecule has 0 saturated heterocycles. The quantitative estimate of drug-likeness (QED) is 0.304. The summed E-state index contributed by atoms with van der Waals surface area (Å²) in [7, 11) is 0. The number of furan rings is 1. The molecule has 7 heteroatoms. The van der Waals surface area contributed by atoms with Crippen molar-refractivity contribution in [2.24, 2.45) is 0 Å². The Morgan fingerprint density at radius 3 is 2.37 bits per heavy atom. The van der Waals surface area contributed by atoms with E-state index in [0.717, 1.165) is 51.0 Å². The Morgan fingerprint density at radius 2 is 1.67 bits per heavy atom. The van der Waals surface area contributed by atoms with Gasteiger partial charge in [0, 0.05) is 31.9 Å². The normalized spacial score (nSPS) is 10.7. The number of hydrogen-bond acceptors (Lipinski definition) is 5. The molecule has 1 aromatic carbocycles. The summed E-state index contributed by atoms with van der Waals surface area (Å²) in [6.07, 6.45) is 9.54. The lowest BCUT2D eigenvalue weighted by molar-refractivity contribution is 0.0928. The molecule has 0 unspecified atom stereocenters. The fraction of sp³-hybridized carbons (Fsp3) is 0.478. The predicted molar refractivity (Wildman–Crippen MR) is 116 cm³/mol.